The number of ether oxygens (including phenoxy) is 1. The zero-order valence-corrected chi connectivity index (χ0v) is 12.2. The highest BCUT2D eigenvalue weighted by Crippen LogP contribution is 2.31. The molecule has 0 amide bonds. The Labute approximate surface area is 123 Å². The molecule has 0 heterocycles. The molecule has 1 fully saturated rings. The zero-order valence-electron chi connectivity index (χ0n) is 12.2. The molecule has 1 aliphatic carbocycles. The van der Waals surface area contributed by atoms with Crippen molar-refractivity contribution in [3.05, 3.63) is 24.3 Å². The molecule has 0 atom stereocenters. The van der Waals surface area contributed by atoms with E-state index in [1.165, 1.54) is 37.8 Å². The van der Waals surface area contributed by atoms with Crippen molar-refractivity contribution in [2.24, 2.45) is 5.92 Å². The Bertz CT molecular complexity index is 439. The van der Waals surface area contributed by atoms with Crippen molar-refractivity contribution in [3.63, 3.8) is 0 Å². The van der Waals surface area contributed by atoms with Crippen molar-refractivity contribution in [1.82, 2.24) is 0 Å². The molecule has 21 heavy (non-hydrogen) atoms. The van der Waals surface area contributed by atoms with Crippen molar-refractivity contribution < 1.29 is 17.9 Å². The van der Waals surface area contributed by atoms with Crippen LogP contribution >= 0.6 is 0 Å². The van der Waals surface area contributed by atoms with Gasteiger partial charge < -0.3 is 10.1 Å². The highest BCUT2D eigenvalue weighted by atomic mass is 19.4. The second-order valence-electron chi connectivity index (χ2n) is 5.73. The number of benzene rings is 1. The summed E-state index contributed by atoms with van der Waals surface area (Å²) in [6, 6.07) is 6.43. The van der Waals surface area contributed by atoms with E-state index < -0.39 is 6.36 Å². The minimum Gasteiger partial charge on any atom is -0.406 e. The first-order valence-electron chi connectivity index (χ1n) is 7.58. The summed E-state index contributed by atoms with van der Waals surface area (Å²) in [6.07, 6.45) is 2.41. The van der Waals surface area contributed by atoms with Gasteiger partial charge in [-0.3, -0.25) is 0 Å². The first-order chi connectivity index (χ1) is 9.96. The van der Waals surface area contributed by atoms with Crippen LogP contribution in [0.15, 0.2) is 24.3 Å². The van der Waals surface area contributed by atoms with E-state index in [1.54, 1.807) is 12.1 Å². The van der Waals surface area contributed by atoms with Gasteiger partial charge >= 0.3 is 6.36 Å². The van der Waals surface area contributed by atoms with Gasteiger partial charge in [-0.05, 0) is 43.7 Å². The molecular formula is C16H22F3NO. The van der Waals surface area contributed by atoms with Crippen LogP contribution in [-0.4, -0.2) is 12.4 Å². The van der Waals surface area contributed by atoms with Gasteiger partial charge in [0.2, 0.25) is 0 Å². The average Bonchev–Trinajstić information content (AvgIpc) is 2.40. The second-order valence-corrected chi connectivity index (χ2v) is 5.73. The van der Waals surface area contributed by atoms with Crippen molar-refractivity contribution in [1.29, 1.82) is 0 Å². The molecule has 0 bridgehead atoms. The van der Waals surface area contributed by atoms with Crippen LogP contribution in [0.2, 0.25) is 0 Å². The molecule has 2 nitrogen and oxygen atoms in total. The molecule has 0 radical (unpaired) electrons. The van der Waals surface area contributed by atoms with Crippen LogP contribution < -0.4 is 10.1 Å². The van der Waals surface area contributed by atoms with E-state index >= 15 is 0 Å². The number of nitrogens with one attached hydrogen (secondary N) is 1. The number of hydrogen-bond donors (Lipinski definition) is 1. The summed E-state index contributed by atoms with van der Waals surface area (Å²) in [6.45, 7) is 2.20. The lowest BCUT2D eigenvalue weighted by Gasteiger charge is -2.29. The molecule has 0 saturated heterocycles. The number of hydrogen-bond acceptors (Lipinski definition) is 2. The van der Waals surface area contributed by atoms with Crippen LogP contribution in [0, 0.1) is 5.92 Å². The van der Waals surface area contributed by atoms with Gasteiger partial charge in [-0.2, -0.15) is 0 Å². The van der Waals surface area contributed by atoms with Gasteiger partial charge in [-0.15, -0.1) is 13.2 Å². The lowest BCUT2D eigenvalue weighted by Crippen LogP contribution is -2.26. The highest BCUT2D eigenvalue weighted by Gasteiger charge is 2.31. The zero-order chi connectivity index (χ0) is 15.3. The summed E-state index contributed by atoms with van der Waals surface area (Å²) >= 11 is 0. The Balaban J connectivity index is 1.87. The van der Waals surface area contributed by atoms with E-state index in [0.29, 0.717) is 11.7 Å². The number of alkyl halides is 3. The summed E-state index contributed by atoms with van der Waals surface area (Å²) in [5, 5.41) is 3.32. The normalized spacial score (nSPS) is 22.9. The van der Waals surface area contributed by atoms with Crippen LogP contribution in [0.4, 0.5) is 18.9 Å². The molecule has 1 aliphatic rings. The predicted octanol–water partition coefficient (Wildman–Crippen LogP) is 5.36. The quantitative estimate of drug-likeness (QED) is 0.791. The minimum absolute atomic E-state index is 0.174. The molecule has 1 saturated carbocycles. The van der Waals surface area contributed by atoms with Gasteiger partial charge in [0, 0.05) is 17.8 Å². The highest BCUT2D eigenvalue weighted by molar-refractivity contribution is 5.49. The topological polar surface area (TPSA) is 21.3 Å². The van der Waals surface area contributed by atoms with Crippen LogP contribution in [-0.2, 0) is 0 Å². The second kappa shape index (κ2) is 7.05. The lowest BCUT2D eigenvalue weighted by atomic mass is 9.83. The monoisotopic (exact) mass is 301 g/mol. The summed E-state index contributed by atoms with van der Waals surface area (Å²) < 4.78 is 40.6. The fourth-order valence-electron chi connectivity index (χ4n) is 3.02. The minimum atomic E-state index is -4.64. The first kappa shape index (κ1) is 16.0. The van der Waals surface area contributed by atoms with Crippen LogP contribution in [0.25, 0.3) is 0 Å². The van der Waals surface area contributed by atoms with E-state index in [4.69, 9.17) is 0 Å². The van der Waals surface area contributed by atoms with E-state index in [9.17, 15) is 13.2 Å². The van der Waals surface area contributed by atoms with E-state index in [0.717, 1.165) is 18.8 Å². The van der Waals surface area contributed by atoms with Gasteiger partial charge in [-0.25, -0.2) is 0 Å². The maximum Gasteiger partial charge on any atom is 0.573 e. The fourth-order valence-corrected chi connectivity index (χ4v) is 3.02. The molecule has 1 N–H and O–H groups in total. The largest absolute Gasteiger partial charge is 0.573 e. The molecule has 5 heteroatoms. The van der Waals surface area contributed by atoms with Gasteiger partial charge in [0.25, 0.3) is 0 Å². The SMILES string of the molecule is CCCC1CCC(Nc2cccc(OC(F)(F)F)c2)CC1. The molecule has 0 aliphatic heterocycles. The smallest absolute Gasteiger partial charge is 0.406 e. The molecule has 118 valence electrons. The summed E-state index contributed by atoms with van der Waals surface area (Å²) in [5.74, 6) is 0.639. The Kier molecular flexibility index (Phi) is 5.37. The predicted molar refractivity (Wildman–Crippen MR) is 77.4 cm³/mol. The third-order valence-corrected chi connectivity index (χ3v) is 3.98. The van der Waals surface area contributed by atoms with Gasteiger partial charge in [0.05, 0.1) is 0 Å². The molecule has 1 aromatic rings. The van der Waals surface area contributed by atoms with Crippen molar-refractivity contribution in [3.8, 4) is 5.75 Å². The number of halogens is 3. The van der Waals surface area contributed by atoms with Crippen LogP contribution in [0.3, 0.4) is 0 Å². The average molecular weight is 301 g/mol. The third kappa shape index (κ3) is 5.48. The summed E-state index contributed by atoms with van der Waals surface area (Å²) in [4.78, 5) is 0. The molecule has 1 aromatic carbocycles. The Morgan fingerprint density at radius 3 is 2.52 bits per heavy atom. The van der Waals surface area contributed by atoms with Gasteiger partial charge in [0.1, 0.15) is 5.75 Å². The Hall–Kier alpha value is -1.39. The van der Waals surface area contributed by atoms with Gasteiger partial charge in [-0.1, -0.05) is 25.8 Å². The third-order valence-electron chi connectivity index (χ3n) is 3.98. The molecule has 0 spiro atoms. The van der Waals surface area contributed by atoms with Crippen molar-refractivity contribution >= 4 is 5.69 Å². The standard InChI is InChI=1S/C16H22F3NO/c1-2-4-12-7-9-13(10-8-12)20-14-5-3-6-15(11-14)21-16(17,18)19/h3,5-6,11-13,20H,2,4,7-10H2,1H3. The Morgan fingerprint density at radius 2 is 1.90 bits per heavy atom. The van der Waals surface area contributed by atoms with E-state index in [-0.39, 0.29) is 5.75 Å². The maximum absolute atomic E-state index is 12.2. The van der Waals surface area contributed by atoms with Crippen LogP contribution in [0.1, 0.15) is 45.4 Å². The molecule has 0 aromatic heterocycles. The molecular weight excluding hydrogens is 279 g/mol. The van der Waals surface area contributed by atoms with Crippen molar-refractivity contribution in [2.45, 2.75) is 57.9 Å². The molecule has 0 unspecified atom stereocenters. The van der Waals surface area contributed by atoms with E-state index in [2.05, 4.69) is 17.0 Å². The summed E-state index contributed by atoms with van der Waals surface area (Å²) in [7, 11) is 0. The maximum atomic E-state index is 12.2. The summed E-state index contributed by atoms with van der Waals surface area (Å²) in [5.41, 5.74) is 0.690. The first-order valence-corrected chi connectivity index (χ1v) is 7.58. The van der Waals surface area contributed by atoms with Crippen LogP contribution in [0.5, 0.6) is 5.75 Å². The number of anilines is 1. The lowest BCUT2D eigenvalue weighted by molar-refractivity contribution is -0.274. The van der Waals surface area contributed by atoms with Crippen molar-refractivity contribution in [2.75, 3.05) is 5.32 Å². The molecule has 2 rings (SSSR count). The Morgan fingerprint density at radius 1 is 1.19 bits per heavy atom. The fraction of sp³-hybridized carbons (Fsp3) is 0.625. The van der Waals surface area contributed by atoms with Gasteiger partial charge in [0.15, 0.2) is 0 Å². The number of rotatable bonds is 5. The van der Waals surface area contributed by atoms with E-state index in [1.807, 2.05) is 0 Å².